The first kappa shape index (κ1) is 15.0. The summed E-state index contributed by atoms with van der Waals surface area (Å²) in [6, 6.07) is 0.686. The van der Waals surface area contributed by atoms with Gasteiger partial charge in [-0.1, -0.05) is 26.7 Å². The summed E-state index contributed by atoms with van der Waals surface area (Å²) in [6.45, 7) is 5.61. The highest BCUT2D eigenvalue weighted by Crippen LogP contribution is 2.21. The molecule has 0 spiro atoms. The Labute approximate surface area is 108 Å². The van der Waals surface area contributed by atoms with Gasteiger partial charge >= 0.3 is 0 Å². The van der Waals surface area contributed by atoms with Crippen LogP contribution in [0.5, 0.6) is 0 Å². The molecule has 2 nitrogen and oxygen atoms in total. The summed E-state index contributed by atoms with van der Waals surface area (Å²) >= 11 is 0. The van der Waals surface area contributed by atoms with Gasteiger partial charge in [0.25, 0.3) is 0 Å². The molecule has 17 heavy (non-hydrogen) atoms. The van der Waals surface area contributed by atoms with E-state index in [1.807, 2.05) is 0 Å². The van der Waals surface area contributed by atoms with Crippen molar-refractivity contribution in [2.75, 3.05) is 13.7 Å². The Balaban J connectivity index is 2.20. The van der Waals surface area contributed by atoms with Crippen LogP contribution in [0.15, 0.2) is 0 Å². The topological polar surface area (TPSA) is 21.3 Å². The molecule has 0 aromatic rings. The zero-order chi connectivity index (χ0) is 12.5. The molecule has 0 bridgehead atoms. The van der Waals surface area contributed by atoms with E-state index < -0.39 is 0 Å². The number of nitrogens with one attached hydrogen (secondary N) is 1. The third-order valence-corrected chi connectivity index (χ3v) is 4.29. The van der Waals surface area contributed by atoms with Crippen LogP contribution in [0.1, 0.15) is 65.2 Å². The molecule has 1 fully saturated rings. The van der Waals surface area contributed by atoms with E-state index in [0.717, 1.165) is 12.5 Å². The van der Waals surface area contributed by atoms with Crippen molar-refractivity contribution in [3.63, 3.8) is 0 Å². The zero-order valence-corrected chi connectivity index (χ0v) is 12.0. The van der Waals surface area contributed by atoms with E-state index in [4.69, 9.17) is 4.74 Å². The summed E-state index contributed by atoms with van der Waals surface area (Å²) in [5, 5.41) is 3.49. The Hall–Kier alpha value is -0.0800. The van der Waals surface area contributed by atoms with Crippen molar-refractivity contribution in [2.45, 2.75) is 77.4 Å². The molecule has 1 N–H and O–H groups in total. The number of hydrogen-bond donors (Lipinski definition) is 1. The van der Waals surface area contributed by atoms with Crippen LogP contribution in [0.2, 0.25) is 0 Å². The van der Waals surface area contributed by atoms with E-state index in [2.05, 4.69) is 26.2 Å². The summed E-state index contributed by atoms with van der Waals surface area (Å²) < 4.78 is 5.80. The molecule has 0 aliphatic carbocycles. The molecule has 2 atom stereocenters. The molecule has 2 heteroatoms. The molecule has 0 amide bonds. The van der Waals surface area contributed by atoms with Crippen LogP contribution in [0.4, 0.5) is 0 Å². The minimum absolute atomic E-state index is 0.543. The normalized spacial score (nSPS) is 22.9. The monoisotopic (exact) mass is 241 g/mol. The van der Waals surface area contributed by atoms with Gasteiger partial charge in [-0.2, -0.15) is 0 Å². The van der Waals surface area contributed by atoms with Crippen LogP contribution in [0.3, 0.4) is 0 Å². The van der Waals surface area contributed by atoms with Crippen molar-refractivity contribution >= 4 is 0 Å². The quantitative estimate of drug-likeness (QED) is 0.699. The van der Waals surface area contributed by atoms with Crippen LogP contribution in [-0.2, 0) is 4.74 Å². The Morgan fingerprint density at radius 1 is 1.24 bits per heavy atom. The first-order chi connectivity index (χ1) is 8.30. The fourth-order valence-corrected chi connectivity index (χ4v) is 2.83. The van der Waals surface area contributed by atoms with Crippen LogP contribution in [-0.4, -0.2) is 25.8 Å². The molecule has 0 saturated carbocycles. The lowest BCUT2D eigenvalue weighted by Crippen LogP contribution is -2.30. The van der Waals surface area contributed by atoms with Crippen molar-refractivity contribution in [1.29, 1.82) is 0 Å². The summed E-state index contributed by atoms with van der Waals surface area (Å²) in [7, 11) is 2.11. The Bertz CT molecular complexity index is 174. The van der Waals surface area contributed by atoms with Crippen LogP contribution < -0.4 is 5.32 Å². The third kappa shape index (κ3) is 5.87. The van der Waals surface area contributed by atoms with Crippen LogP contribution in [0.25, 0.3) is 0 Å². The molecular formula is C15H31NO. The molecule has 1 aliphatic heterocycles. The van der Waals surface area contributed by atoms with Gasteiger partial charge in [0.05, 0.1) is 6.10 Å². The maximum absolute atomic E-state index is 5.80. The first-order valence-corrected chi connectivity index (χ1v) is 7.59. The summed E-state index contributed by atoms with van der Waals surface area (Å²) in [5.41, 5.74) is 0. The highest BCUT2D eigenvalue weighted by Gasteiger charge is 2.17. The van der Waals surface area contributed by atoms with Gasteiger partial charge in [-0.05, 0) is 51.5 Å². The highest BCUT2D eigenvalue weighted by molar-refractivity contribution is 4.73. The average molecular weight is 241 g/mol. The molecule has 2 unspecified atom stereocenters. The largest absolute Gasteiger partial charge is 0.378 e. The summed E-state index contributed by atoms with van der Waals surface area (Å²) in [5.74, 6) is 0.889. The molecule has 102 valence electrons. The minimum Gasteiger partial charge on any atom is -0.378 e. The zero-order valence-electron chi connectivity index (χ0n) is 12.0. The second-order valence-corrected chi connectivity index (χ2v) is 5.47. The predicted molar refractivity (Wildman–Crippen MR) is 74.4 cm³/mol. The van der Waals surface area contributed by atoms with E-state index in [0.29, 0.717) is 12.1 Å². The van der Waals surface area contributed by atoms with Gasteiger partial charge in [0.2, 0.25) is 0 Å². The lowest BCUT2D eigenvalue weighted by atomic mass is 9.91. The average Bonchev–Trinajstić information content (AvgIpc) is 2.40. The Morgan fingerprint density at radius 2 is 2.00 bits per heavy atom. The molecule has 1 heterocycles. The number of hydrogen-bond acceptors (Lipinski definition) is 2. The van der Waals surface area contributed by atoms with E-state index >= 15 is 0 Å². The van der Waals surface area contributed by atoms with Gasteiger partial charge in [0, 0.05) is 12.6 Å². The van der Waals surface area contributed by atoms with Gasteiger partial charge in [0.1, 0.15) is 0 Å². The first-order valence-electron chi connectivity index (χ1n) is 7.59. The molecular weight excluding hydrogens is 210 g/mol. The smallest absolute Gasteiger partial charge is 0.0575 e. The highest BCUT2D eigenvalue weighted by atomic mass is 16.5. The van der Waals surface area contributed by atoms with E-state index in [9.17, 15) is 0 Å². The second kappa shape index (κ2) is 8.93. The van der Waals surface area contributed by atoms with Gasteiger partial charge < -0.3 is 10.1 Å². The second-order valence-electron chi connectivity index (χ2n) is 5.47. The number of rotatable bonds is 8. The van der Waals surface area contributed by atoms with Crippen molar-refractivity contribution < 1.29 is 4.74 Å². The molecule has 0 radical (unpaired) electrons. The van der Waals surface area contributed by atoms with Crippen molar-refractivity contribution in [3.8, 4) is 0 Å². The lowest BCUT2D eigenvalue weighted by molar-refractivity contribution is 0.00828. The fourth-order valence-electron chi connectivity index (χ4n) is 2.83. The molecule has 1 saturated heterocycles. The Kier molecular flexibility index (Phi) is 7.87. The molecule has 0 aromatic carbocycles. The molecule has 1 rings (SSSR count). The van der Waals surface area contributed by atoms with E-state index in [-0.39, 0.29) is 0 Å². The van der Waals surface area contributed by atoms with Crippen LogP contribution >= 0.6 is 0 Å². The standard InChI is InChI=1S/C15H31NO/c1-4-13(5-2)12-14(16-3)9-10-15-8-6-7-11-17-15/h13-16H,4-12H2,1-3H3. The molecule has 1 aliphatic rings. The minimum atomic E-state index is 0.543. The van der Waals surface area contributed by atoms with Gasteiger partial charge in [0.15, 0.2) is 0 Å². The van der Waals surface area contributed by atoms with Crippen molar-refractivity contribution in [2.24, 2.45) is 5.92 Å². The maximum atomic E-state index is 5.80. The van der Waals surface area contributed by atoms with Gasteiger partial charge in [-0.3, -0.25) is 0 Å². The lowest BCUT2D eigenvalue weighted by Gasteiger charge is -2.26. The Morgan fingerprint density at radius 3 is 2.53 bits per heavy atom. The van der Waals surface area contributed by atoms with Gasteiger partial charge in [-0.25, -0.2) is 0 Å². The predicted octanol–water partition coefficient (Wildman–Crippen LogP) is 3.75. The molecule has 0 aromatic heterocycles. The van der Waals surface area contributed by atoms with Crippen molar-refractivity contribution in [3.05, 3.63) is 0 Å². The SMILES string of the molecule is CCC(CC)CC(CCC1CCCCO1)NC. The third-order valence-electron chi connectivity index (χ3n) is 4.29. The van der Waals surface area contributed by atoms with E-state index in [1.165, 1.54) is 51.4 Å². The number of ether oxygens (including phenoxy) is 1. The maximum Gasteiger partial charge on any atom is 0.0575 e. The summed E-state index contributed by atoms with van der Waals surface area (Å²) in [6.07, 6.45) is 10.9. The van der Waals surface area contributed by atoms with E-state index in [1.54, 1.807) is 0 Å². The van der Waals surface area contributed by atoms with Gasteiger partial charge in [-0.15, -0.1) is 0 Å². The van der Waals surface area contributed by atoms with Crippen LogP contribution in [0, 0.1) is 5.92 Å². The fraction of sp³-hybridized carbons (Fsp3) is 1.00. The summed E-state index contributed by atoms with van der Waals surface area (Å²) in [4.78, 5) is 0. The van der Waals surface area contributed by atoms with Crippen molar-refractivity contribution in [1.82, 2.24) is 5.32 Å².